The molecule has 0 radical (unpaired) electrons. The highest BCUT2D eigenvalue weighted by Gasteiger charge is 2.65. The van der Waals surface area contributed by atoms with Gasteiger partial charge < -0.3 is 49.0 Å². The molecule has 4 aromatic carbocycles. The number of carbonyl (C=O) groups excluding carboxylic acids is 2. The van der Waals surface area contributed by atoms with Gasteiger partial charge in [-0.1, -0.05) is 60.5 Å². The van der Waals surface area contributed by atoms with Crippen LogP contribution in [0.2, 0.25) is 0 Å². The minimum absolute atomic E-state index is 0.00763. The molecule has 2 heterocycles. The number of aliphatic hydroxyl groups is 2. The predicted octanol–water partition coefficient (Wildman–Crippen LogP) is 8.22. The van der Waals surface area contributed by atoms with Crippen molar-refractivity contribution in [1.82, 2.24) is 10.2 Å². The van der Waals surface area contributed by atoms with Gasteiger partial charge in [0.1, 0.15) is 24.1 Å². The fourth-order valence-corrected chi connectivity index (χ4v) is 9.98. The number of ether oxygens (including phenoxy) is 5. The number of hydrogen-bond donors (Lipinski definition) is 3. The normalized spacial score (nSPS) is 22.6. The highest BCUT2D eigenvalue weighted by molar-refractivity contribution is 6.03. The number of hydrogen-bond acceptors (Lipinski definition) is 13. The van der Waals surface area contributed by atoms with Crippen LogP contribution in [0, 0.1) is 27.9 Å². The van der Waals surface area contributed by atoms with Gasteiger partial charge in [-0.05, 0) is 103 Å². The monoisotopic (exact) mass is 916 g/mol. The largest absolute Gasteiger partial charge is 0.459 e. The molecule has 4 aromatic rings. The summed E-state index contributed by atoms with van der Waals surface area (Å²) in [5, 5.41) is 38.9. The van der Waals surface area contributed by atoms with Gasteiger partial charge in [0, 0.05) is 62.4 Å². The van der Waals surface area contributed by atoms with Gasteiger partial charge in [0.25, 0.3) is 11.6 Å². The van der Waals surface area contributed by atoms with Gasteiger partial charge in [0.2, 0.25) is 12.6 Å². The summed E-state index contributed by atoms with van der Waals surface area (Å²) in [5.41, 5.74) is 4.03. The number of amides is 2. The number of likely N-dealkylation sites (N-methyl/N-ethyl adjacent to an activating group) is 1. The second kappa shape index (κ2) is 21.3. The molecule has 0 saturated heterocycles. The van der Waals surface area contributed by atoms with Crippen LogP contribution in [0.15, 0.2) is 120 Å². The fraction of sp³-hybridized carbons (Fsp3) is 0.392. The highest BCUT2D eigenvalue weighted by Crippen LogP contribution is 2.62. The molecule has 4 aliphatic rings. The number of oxime groups is 1. The standard InChI is InChI=1S/C51H56N4O12/c1-3-25-64-51-46(54(2)49(58)36-17-21-44-45(27-36)63-32-62-44)29-42(53-65-31-34-15-18-37(19-16-34)55(60)61)40-26-35(13-7-9-23-56)39(14-8-10-24-57)47(48(40)51)41-28-38(20-22-43(41)67-51)66-50(59)52-30-33-11-5-4-6-12-33/h3-6,11-12,15-22,26-28,35,39,46-48,56-57H,1,7-10,13-14,23-25,29-32H2,2H3,(H,52,59)/t35-,39+,46-,47+,48+,51+/m0/s1. The van der Waals surface area contributed by atoms with Gasteiger partial charge in [0.15, 0.2) is 11.5 Å². The summed E-state index contributed by atoms with van der Waals surface area (Å²) in [4.78, 5) is 46.7. The minimum Gasteiger partial charge on any atom is -0.459 e. The molecule has 0 bridgehead atoms. The number of aliphatic hydroxyl groups excluding tert-OH is 2. The van der Waals surface area contributed by atoms with Crippen molar-refractivity contribution in [1.29, 1.82) is 0 Å². The van der Waals surface area contributed by atoms with E-state index in [9.17, 15) is 29.9 Å². The van der Waals surface area contributed by atoms with E-state index in [0.717, 1.165) is 29.5 Å². The van der Waals surface area contributed by atoms with Crippen LogP contribution in [-0.2, 0) is 22.7 Å². The number of nitro groups is 1. The van der Waals surface area contributed by atoms with Crippen molar-refractivity contribution in [2.75, 3.05) is 33.7 Å². The molecule has 16 heteroatoms. The third-order valence-electron chi connectivity index (χ3n) is 13.1. The highest BCUT2D eigenvalue weighted by atomic mass is 16.7. The van der Waals surface area contributed by atoms with E-state index >= 15 is 0 Å². The molecule has 0 aromatic heterocycles. The van der Waals surface area contributed by atoms with Crippen molar-refractivity contribution in [3.05, 3.63) is 148 Å². The maximum atomic E-state index is 14.8. The fourth-order valence-electron chi connectivity index (χ4n) is 9.98. The molecule has 0 unspecified atom stereocenters. The average Bonchev–Trinajstić information content (AvgIpc) is 3.82. The molecule has 1 fully saturated rings. The number of nitro benzene ring substituents is 1. The SMILES string of the molecule is C=CCO[C@@]12Oc3ccc(OC(=O)NCc4ccccc4)cc3[C@H]3[C@H](CCCCO)[C@@H](CCCCO)C=C(C(=NOCc4ccc([N+](=O)[O-])cc4)C[C@@H]1N(C)C(=O)c1ccc4c(c1)OCO4)[C@H]32. The molecule has 1 saturated carbocycles. The zero-order chi connectivity index (χ0) is 46.9. The lowest BCUT2D eigenvalue weighted by Gasteiger charge is -2.59. The van der Waals surface area contributed by atoms with Gasteiger partial charge >= 0.3 is 6.09 Å². The Morgan fingerprint density at radius 2 is 1.69 bits per heavy atom. The molecule has 16 nitrogen and oxygen atoms in total. The van der Waals surface area contributed by atoms with E-state index < -0.39 is 28.8 Å². The van der Waals surface area contributed by atoms with Crippen LogP contribution in [0.5, 0.6) is 23.0 Å². The average molecular weight is 917 g/mol. The number of carbonyl (C=O) groups is 2. The van der Waals surface area contributed by atoms with Crippen molar-refractivity contribution < 1.29 is 53.2 Å². The Balaban J connectivity index is 1.25. The molecule has 2 amide bonds. The van der Waals surface area contributed by atoms with E-state index in [-0.39, 0.29) is 75.5 Å². The van der Waals surface area contributed by atoms with Crippen molar-refractivity contribution in [2.45, 2.75) is 75.8 Å². The van der Waals surface area contributed by atoms with Crippen LogP contribution in [-0.4, -0.2) is 83.2 Å². The molecule has 6 atom stereocenters. The summed E-state index contributed by atoms with van der Waals surface area (Å²) >= 11 is 0. The van der Waals surface area contributed by atoms with Crippen LogP contribution < -0.4 is 24.3 Å². The number of non-ortho nitro benzene ring substituents is 1. The Labute approximate surface area is 388 Å². The van der Waals surface area contributed by atoms with Gasteiger partial charge in [-0.2, -0.15) is 0 Å². The van der Waals surface area contributed by atoms with E-state index in [4.69, 9.17) is 33.7 Å². The first-order chi connectivity index (χ1) is 32.6. The van der Waals surface area contributed by atoms with Crippen molar-refractivity contribution >= 4 is 23.4 Å². The van der Waals surface area contributed by atoms with Crippen LogP contribution in [0.4, 0.5) is 10.5 Å². The second-order valence-corrected chi connectivity index (χ2v) is 17.2. The summed E-state index contributed by atoms with van der Waals surface area (Å²) in [7, 11) is 1.71. The Morgan fingerprint density at radius 3 is 2.43 bits per heavy atom. The predicted molar refractivity (Wildman–Crippen MR) is 247 cm³/mol. The summed E-state index contributed by atoms with van der Waals surface area (Å²) in [6, 6.07) is 25.1. The van der Waals surface area contributed by atoms with Crippen molar-refractivity contribution in [3.63, 3.8) is 0 Å². The Kier molecular flexibility index (Phi) is 14.8. The number of fused-ring (bicyclic) bond motifs is 3. The number of rotatable bonds is 20. The maximum Gasteiger partial charge on any atom is 0.412 e. The summed E-state index contributed by atoms with van der Waals surface area (Å²) in [6.07, 6.45) is 7.45. The molecule has 2 aliphatic carbocycles. The maximum absolute atomic E-state index is 14.8. The second-order valence-electron chi connectivity index (χ2n) is 17.2. The van der Waals surface area contributed by atoms with E-state index in [0.29, 0.717) is 65.5 Å². The summed E-state index contributed by atoms with van der Waals surface area (Å²) in [5.74, 6) is -1.21. The van der Waals surface area contributed by atoms with Crippen LogP contribution in [0.25, 0.3) is 0 Å². The van der Waals surface area contributed by atoms with Gasteiger partial charge in [-0.25, -0.2) is 4.79 Å². The van der Waals surface area contributed by atoms with E-state index in [1.165, 1.54) is 12.1 Å². The Hall–Kier alpha value is -6.75. The molecule has 0 spiro atoms. The third kappa shape index (κ3) is 10.2. The molecule has 67 heavy (non-hydrogen) atoms. The zero-order valence-corrected chi connectivity index (χ0v) is 37.4. The number of benzene rings is 4. The number of nitrogens with zero attached hydrogens (tertiary/aromatic N) is 3. The number of nitrogens with one attached hydrogen (secondary N) is 1. The lowest BCUT2D eigenvalue weighted by molar-refractivity contribution is -0.384. The van der Waals surface area contributed by atoms with E-state index in [2.05, 4.69) is 18.0 Å². The third-order valence-corrected chi connectivity index (χ3v) is 13.1. The van der Waals surface area contributed by atoms with Gasteiger partial charge in [-0.3, -0.25) is 14.9 Å². The Morgan fingerprint density at radius 1 is 0.940 bits per heavy atom. The zero-order valence-electron chi connectivity index (χ0n) is 37.4. The topological polar surface area (TPSA) is 201 Å². The van der Waals surface area contributed by atoms with Gasteiger partial charge in [0.05, 0.1) is 23.2 Å². The molecule has 352 valence electrons. The van der Waals surface area contributed by atoms with Gasteiger partial charge in [-0.15, -0.1) is 6.58 Å². The molecule has 2 aliphatic heterocycles. The Bertz CT molecular complexity index is 2480. The molecular weight excluding hydrogens is 861 g/mol. The summed E-state index contributed by atoms with van der Waals surface area (Å²) in [6.45, 7) is 4.45. The van der Waals surface area contributed by atoms with Crippen LogP contribution in [0.3, 0.4) is 0 Å². The molecular formula is C51H56N4O12. The van der Waals surface area contributed by atoms with Crippen LogP contribution >= 0.6 is 0 Å². The lowest BCUT2D eigenvalue weighted by atomic mass is 9.55. The van der Waals surface area contributed by atoms with Crippen molar-refractivity contribution in [2.24, 2.45) is 22.9 Å². The lowest BCUT2D eigenvalue weighted by Crippen LogP contribution is -2.69. The van der Waals surface area contributed by atoms with Crippen molar-refractivity contribution in [3.8, 4) is 23.0 Å². The number of unbranched alkanes of at least 4 members (excludes halogenated alkanes) is 2. The quantitative estimate of drug-likeness (QED) is 0.0333. The van der Waals surface area contributed by atoms with Crippen LogP contribution in [0.1, 0.15) is 77.9 Å². The first-order valence-corrected chi connectivity index (χ1v) is 22.7. The molecule has 8 rings (SSSR count). The minimum atomic E-state index is -1.53. The smallest absolute Gasteiger partial charge is 0.412 e. The molecule has 3 N–H and O–H groups in total. The summed E-state index contributed by atoms with van der Waals surface area (Å²) < 4.78 is 31.4. The first kappa shape index (κ1) is 46.8. The first-order valence-electron chi connectivity index (χ1n) is 22.7. The van der Waals surface area contributed by atoms with E-state index in [1.54, 1.807) is 60.5 Å². The van der Waals surface area contributed by atoms with E-state index in [1.807, 2.05) is 36.4 Å². The number of allylic oxidation sites excluding steroid dienone is 1.